The lowest BCUT2D eigenvalue weighted by Gasteiger charge is -2.24. The van der Waals surface area contributed by atoms with E-state index >= 15 is 0 Å². The standard InChI is InChI=1S/C17H15ClN4O3/c1-2-24-13(23)7-12-15-14(9-5-3-4-6-11(9)18)10(8-19)16(20)25-17(15)22-21-12/h3-6,14H,2,7,20H2,1H3,(H,21,22)/t14-/m0/s1. The summed E-state index contributed by atoms with van der Waals surface area (Å²) in [4.78, 5) is 11.9. The van der Waals surface area contributed by atoms with Gasteiger partial charge in [0.05, 0.1) is 30.2 Å². The highest BCUT2D eigenvalue weighted by atomic mass is 35.5. The number of halogens is 1. The third kappa shape index (κ3) is 3.04. The first kappa shape index (κ1) is 16.9. The van der Waals surface area contributed by atoms with Crippen LogP contribution in [-0.2, 0) is 16.0 Å². The normalized spacial score (nSPS) is 16.0. The van der Waals surface area contributed by atoms with Gasteiger partial charge in [-0.05, 0) is 18.6 Å². The predicted molar refractivity (Wildman–Crippen MR) is 89.7 cm³/mol. The highest BCUT2D eigenvalue weighted by Gasteiger charge is 2.36. The number of fused-ring (bicyclic) bond motifs is 1. The number of nitrogens with zero attached hydrogens (tertiary/aromatic N) is 2. The molecule has 3 rings (SSSR count). The minimum atomic E-state index is -0.578. The Morgan fingerprint density at radius 2 is 2.28 bits per heavy atom. The molecule has 0 aliphatic carbocycles. The number of hydrogen-bond donors (Lipinski definition) is 2. The third-order valence-corrected chi connectivity index (χ3v) is 4.20. The van der Waals surface area contributed by atoms with Crippen LogP contribution in [0.2, 0.25) is 5.02 Å². The molecule has 1 aromatic heterocycles. The Morgan fingerprint density at radius 1 is 1.52 bits per heavy atom. The van der Waals surface area contributed by atoms with Gasteiger partial charge in [-0.15, -0.1) is 5.10 Å². The van der Waals surface area contributed by atoms with Crippen LogP contribution in [-0.4, -0.2) is 22.8 Å². The molecule has 2 heterocycles. The van der Waals surface area contributed by atoms with Crippen molar-refractivity contribution in [3.63, 3.8) is 0 Å². The lowest BCUT2D eigenvalue weighted by Crippen LogP contribution is -2.22. The zero-order chi connectivity index (χ0) is 18.0. The summed E-state index contributed by atoms with van der Waals surface area (Å²) in [6.07, 6.45) is -0.0287. The lowest BCUT2D eigenvalue weighted by atomic mass is 9.83. The molecule has 0 saturated carbocycles. The number of esters is 1. The number of nitrogens with two attached hydrogens (primary N) is 1. The Labute approximate surface area is 149 Å². The van der Waals surface area contributed by atoms with Crippen LogP contribution in [0.5, 0.6) is 5.88 Å². The second kappa shape index (κ2) is 6.87. The molecule has 1 aromatic carbocycles. The fourth-order valence-corrected chi connectivity index (χ4v) is 3.06. The predicted octanol–water partition coefficient (Wildman–Crippen LogP) is 2.39. The molecule has 7 nitrogen and oxygen atoms in total. The summed E-state index contributed by atoms with van der Waals surface area (Å²) < 4.78 is 10.4. The Kier molecular flexibility index (Phi) is 4.63. The molecule has 25 heavy (non-hydrogen) atoms. The fraction of sp³-hybridized carbons (Fsp3) is 0.235. The van der Waals surface area contributed by atoms with Crippen molar-refractivity contribution in [3.05, 3.63) is 57.6 Å². The van der Waals surface area contributed by atoms with Crippen molar-refractivity contribution in [1.82, 2.24) is 10.2 Å². The molecular formula is C17H15ClN4O3. The Bertz CT molecular complexity index is 898. The van der Waals surface area contributed by atoms with E-state index in [2.05, 4.69) is 16.3 Å². The number of hydrogen-bond acceptors (Lipinski definition) is 6. The average Bonchev–Trinajstić information content (AvgIpc) is 2.96. The number of H-pyrrole nitrogens is 1. The number of benzene rings is 1. The second-order valence-electron chi connectivity index (χ2n) is 5.35. The van der Waals surface area contributed by atoms with Crippen molar-refractivity contribution < 1.29 is 14.3 Å². The summed E-state index contributed by atoms with van der Waals surface area (Å²) in [5.74, 6) is -0.798. The molecule has 128 valence electrons. The number of aromatic amines is 1. The fourth-order valence-electron chi connectivity index (χ4n) is 2.82. The van der Waals surface area contributed by atoms with E-state index in [0.717, 1.165) is 0 Å². The topological polar surface area (TPSA) is 114 Å². The van der Waals surface area contributed by atoms with E-state index in [1.54, 1.807) is 25.1 Å². The van der Waals surface area contributed by atoms with Crippen LogP contribution < -0.4 is 10.5 Å². The van der Waals surface area contributed by atoms with Gasteiger partial charge < -0.3 is 15.2 Å². The molecule has 8 heteroatoms. The second-order valence-corrected chi connectivity index (χ2v) is 5.76. The van der Waals surface area contributed by atoms with E-state index in [1.165, 1.54) is 0 Å². The van der Waals surface area contributed by atoms with E-state index in [0.29, 0.717) is 21.8 Å². The van der Waals surface area contributed by atoms with Gasteiger partial charge in [-0.25, -0.2) is 0 Å². The molecule has 3 N–H and O–H groups in total. The number of aromatic nitrogens is 2. The van der Waals surface area contributed by atoms with Crippen molar-refractivity contribution >= 4 is 17.6 Å². The molecule has 0 radical (unpaired) electrons. The molecule has 0 fully saturated rings. The number of rotatable bonds is 4. The lowest BCUT2D eigenvalue weighted by molar-refractivity contribution is -0.142. The Hall–Kier alpha value is -2.98. The minimum absolute atomic E-state index is 0.0287. The van der Waals surface area contributed by atoms with Gasteiger partial charge in [0, 0.05) is 5.02 Å². The van der Waals surface area contributed by atoms with Crippen LogP contribution >= 0.6 is 11.6 Å². The smallest absolute Gasteiger partial charge is 0.311 e. The van der Waals surface area contributed by atoms with Gasteiger partial charge in [-0.1, -0.05) is 29.8 Å². The van der Waals surface area contributed by atoms with Crippen LogP contribution in [0, 0.1) is 11.3 Å². The van der Waals surface area contributed by atoms with Gasteiger partial charge in [-0.2, -0.15) is 5.26 Å². The van der Waals surface area contributed by atoms with Gasteiger partial charge in [0.2, 0.25) is 11.8 Å². The van der Waals surface area contributed by atoms with Crippen molar-refractivity contribution in [2.45, 2.75) is 19.3 Å². The summed E-state index contributed by atoms with van der Waals surface area (Å²) >= 11 is 6.33. The van der Waals surface area contributed by atoms with Crippen molar-refractivity contribution in [1.29, 1.82) is 5.26 Å². The highest BCUT2D eigenvalue weighted by molar-refractivity contribution is 6.31. The zero-order valence-electron chi connectivity index (χ0n) is 13.4. The van der Waals surface area contributed by atoms with Crippen LogP contribution in [0.4, 0.5) is 0 Å². The van der Waals surface area contributed by atoms with E-state index in [-0.39, 0.29) is 30.4 Å². The molecule has 1 aliphatic heterocycles. The number of ether oxygens (including phenoxy) is 2. The van der Waals surface area contributed by atoms with Crippen LogP contribution in [0.3, 0.4) is 0 Å². The van der Waals surface area contributed by atoms with E-state index < -0.39 is 11.9 Å². The number of nitriles is 1. The van der Waals surface area contributed by atoms with E-state index in [1.807, 2.05) is 6.07 Å². The molecular weight excluding hydrogens is 344 g/mol. The number of nitrogens with one attached hydrogen (secondary N) is 1. The van der Waals surface area contributed by atoms with Crippen molar-refractivity contribution in [2.75, 3.05) is 6.61 Å². The number of allylic oxidation sites excluding steroid dienone is 1. The molecule has 0 amide bonds. The third-order valence-electron chi connectivity index (χ3n) is 3.86. The van der Waals surface area contributed by atoms with Gasteiger partial charge in [0.1, 0.15) is 11.6 Å². The van der Waals surface area contributed by atoms with Gasteiger partial charge >= 0.3 is 5.97 Å². The largest absolute Gasteiger partial charge is 0.466 e. The maximum absolute atomic E-state index is 11.9. The Morgan fingerprint density at radius 3 is 2.96 bits per heavy atom. The van der Waals surface area contributed by atoms with Crippen molar-refractivity contribution in [3.8, 4) is 11.9 Å². The molecule has 0 spiro atoms. The average molecular weight is 359 g/mol. The quantitative estimate of drug-likeness (QED) is 0.811. The first-order valence-corrected chi connectivity index (χ1v) is 7.99. The summed E-state index contributed by atoms with van der Waals surface area (Å²) in [6.45, 7) is 2.00. The molecule has 1 aliphatic rings. The van der Waals surface area contributed by atoms with Gasteiger partial charge in [-0.3, -0.25) is 9.89 Å². The number of carbonyl (C=O) groups excluding carboxylic acids is 1. The summed E-state index contributed by atoms with van der Waals surface area (Å²) in [5.41, 5.74) is 7.84. The van der Waals surface area contributed by atoms with Gasteiger partial charge in [0.25, 0.3) is 0 Å². The summed E-state index contributed by atoms with van der Waals surface area (Å²) in [6, 6.07) is 9.21. The summed E-state index contributed by atoms with van der Waals surface area (Å²) in [5, 5.41) is 16.9. The molecule has 2 aromatic rings. The van der Waals surface area contributed by atoms with Crippen LogP contribution in [0.25, 0.3) is 0 Å². The van der Waals surface area contributed by atoms with Gasteiger partial charge in [0.15, 0.2) is 0 Å². The zero-order valence-corrected chi connectivity index (χ0v) is 14.1. The first-order chi connectivity index (χ1) is 12.1. The maximum atomic E-state index is 11.9. The maximum Gasteiger partial charge on any atom is 0.311 e. The number of carbonyl (C=O) groups is 1. The van der Waals surface area contributed by atoms with E-state index in [4.69, 9.17) is 26.8 Å². The summed E-state index contributed by atoms with van der Waals surface area (Å²) in [7, 11) is 0. The molecule has 1 atom stereocenters. The SMILES string of the molecule is CCOC(=O)Cc1[nH]nc2c1[C@@H](c1ccccc1Cl)C(C#N)=C(N)O2. The molecule has 0 unspecified atom stereocenters. The van der Waals surface area contributed by atoms with Crippen LogP contribution in [0.15, 0.2) is 35.7 Å². The van der Waals surface area contributed by atoms with Crippen LogP contribution in [0.1, 0.15) is 29.7 Å². The monoisotopic (exact) mass is 358 g/mol. The minimum Gasteiger partial charge on any atom is -0.466 e. The molecule has 0 saturated heterocycles. The highest BCUT2D eigenvalue weighted by Crippen LogP contribution is 2.44. The first-order valence-electron chi connectivity index (χ1n) is 7.61. The van der Waals surface area contributed by atoms with E-state index in [9.17, 15) is 10.1 Å². The molecule has 0 bridgehead atoms. The van der Waals surface area contributed by atoms with Crippen molar-refractivity contribution in [2.24, 2.45) is 5.73 Å². The Balaban J connectivity index is 2.14.